The van der Waals surface area contributed by atoms with Crippen LogP contribution < -0.4 is 0 Å². The number of aryl methyl sites for hydroxylation is 1. The van der Waals surface area contributed by atoms with Crippen LogP contribution in [-0.2, 0) is 16.9 Å². The Morgan fingerprint density at radius 2 is 1.62 bits per heavy atom. The number of benzene rings is 2. The summed E-state index contributed by atoms with van der Waals surface area (Å²) in [7, 11) is -1.44. The Hall–Kier alpha value is -2.29. The molecule has 1 aromatic heterocycles. The highest BCUT2D eigenvalue weighted by Gasteiger charge is 2.30. The van der Waals surface area contributed by atoms with Crippen molar-refractivity contribution in [1.82, 2.24) is 19.4 Å². The Bertz CT molecular complexity index is 1350. The van der Waals surface area contributed by atoms with Gasteiger partial charge in [-0.2, -0.15) is 0 Å². The highest BCUT2D eigenvalue weighted by Crippen LogP contribution is 2.36. The fourth-order valence-electron chi connectivity index (χ4n) is 6.26. The molecule has 2 aliphatic rings. The molecule has 6 nitrogen and oxygen atoms in total. The predicted octanol–water partition coefficient (Wildman–Crippen LogP) is 5.08. The van der Waals surface area contributed by atoms with Crippen molar-refractivity contribution in [2.45, 2.75) is 56.4 Å². The number of hydrogen-bond donors (Lipinski definition) is 0. The second-order valence-electron chi connectivity index (χ2n) is 11.4. The number of halogens is 1. The molecule has 8 heteroatoms. The Balaban J connectivity index is 1.29. The molecule has 2 saturated heterocycles. The Morgan fingerprint density at radius 1 is 0.973 bits per heavy atom. The third-order valence-corrected chi connectivity index (χ3v) is 9.34. The molecule has 0 unspecified atom stereocenters. The lowest BCUT2D eigenvalue weighted by Gasteiger charge is -2.42. The van der Waals surface area contributed by atoms with E-state index in [0.717, 1.165) is 43.0 Å². The minimum atomic E-state index is -3.27. The van der Waals surface area contributed by atoms with Gasteiger partial charge in [-0.05, 0) is 99.6 Å². The summed E-state index contributed by atoms with van der Waals surface area (Å²) in [6.45, 7) is 10.2. The van der Waals surface area contributed by atoms with Crippen LogP contribution in [0.1, 0.15) is 51.0 Å². The maximum atomic E-state index is 15.9. The first-order valence-corrected chi connectivity index (χ1v) is 15.4. The molecule has 0 N–H and O–H groups in total. The van der Waals surface area contributed by atoms with Gasteiger partial charge in [0, 0.05) is 31.5 Å². The SMILES string of the molecule is CC(C)CN1CCC(N2CCC(c3ccc4nc(-c5ccc(S(C)(=O)=O)cc5)n(C)c4c3F)CC2)CC1. The standard InChI is InChI=1S/C29H39FN4O2S/c1-20(2)19-33-15-13-23(14-16-33)34-17-11-21(12-18-34)25-9-10-26-28(27(25)30)32(3)29(31-26)22-5-7-24(8-6-22)37(4,35)36/h5-10,20-21,23H,11-19H2,1-4H3. The molecule has 0 spiro atoms. The normalized spacial score (nSPS) is 19.3. The van der Waals surface area contributed by atoms with Crippen molar-refractivity contribution in [1.29, 1.82) is 0 Å². The maximum absolute atomic E-state index is 15.9. The highest BCUT2D eigenvalue weighted by atomic mass is 32.2. The molecule has 0 atom stereocenters. The van der Waals surface area contributed by atoms with Gasteiger partial charge in [0.25, 0.3) is 0 Å². The molecule has 3 aromatic rings. The van der Waals surface area contributed by atoms with Crippen LogP contribution in [0.15, 0.2) is 41.3 Å². The third-order valence-electron chi connectivity index (χ3n) is 8.21. The van der Waals surface area contributed by atoms with E-state index in [1.54, 1.807) is 28.8 Å². The number of imidazole rings is 1. The van der Waals surface area contributed by atoms with E-state index in [2.05, 4.69) is 28.6 Å². The molecule has 3 heterocycles. The largest absolute Gasteiger partial charge is 0.325 e. The second kappa shape index (κ2) is 10.5. The molecule has 0 saturated carbocycles. The smallest absolute Gasteiger partial charge is 0.175 e. The molecule has 5 rings (SSSR count). The lowest BCUT2D eigenvalue weighted by molar-refractivity contribution is 0.0825. The van der Waals surface area contributed by atoms with Gasteiger partial charge < -0.3 is 14.4 Å². The fourth-order valence-corrected chi connectivity index (χ4v) is 6.89. The van der Waals surface area contributed by atoms with Crippen LogP contribution in [0.2, 0.25) is 0 Å². The van der Waals surface area contributed by atoms with Gasteiger partial charge in [0.05, 0.1) is 10.4 Å². The van der Waals surface area contributed by atoms with Gasteiger partial charge >= 0.3 is 0 Å². The van der Waals surface area contributed by atoms with Gasteiger partial charge in [-0.3, -0.25) is 0 Å². The monoisotopic (exact) mass is 526 g/mol. The van der Waals surface area contributed by atoms with Crippen molar-refractivity contribution in [2.24, 2.45) is 13.0 Å². The van der Waals surface area contributed by atoms with Gasteiger partial charge in [-0.15, -0.1) is 0 Å². The summed E-state index contributed by atoms with van der Waals surface area (Å²) in [5.74, 6) is 1.39. The first kappa shape index (κ1) is 26.3. The fraction of sp³-hybridized carbons (Fsp3) is 0.552. The van der Waals surface area contributed by atoms with Crippen LogP contribution >= 0.6 is 0 Å². The summed E-state index contributed by atoms with van der Waals surface area (Å²) in [5.41, 5.74) is 2.69. The Kier molecular flexibility index (Phi) is 7.44. The van der Waals surface area contributed by atoms with Crippen LogP contribution in [-0.4, -0.2) is 72.8 Å². The van der Waals surface area contributed by atoms with Crippen molar-refractivity contribution in [3.63, 3.8) is 0 Å². The minimum absolute atomic E-state index is 0.174. The highest BCUT2D eigenvalue weighted by molar-refractivity contribution is 7.90. The summed E-state index contributed by atoms with van der Waals surface area (Å²) in [6.07, 6.45) is 5.62. The average molecular weight is 527 g/mol. The summed E-state index contributed by atoms with van der Waals surface area (Å²) in [5, 5.41) is 0. The van der Waals surface area contributed by atoms with Gasteiger partial charge in [0.1, 0.15) is 11.3 Å². The van der Waals surface area contributed by atoms with Crippen molar-refractivity contribution in [3.05, 3.63) is 47.8 Å². The number of sulfone groups is 1. The zero-order valence-corrected chi connectivity index (χ0v) is 23.3. The number of rotatable bonds is 6. The number of nitrogens with zero attached hydrogens (tertiary/aromatic N) is 4. The molecule has 0 aliphatic carbocycles. The molecular weight excluding hydrogens is 487 g/mol. The van der Waals surface area contributed by atoms with E-state index in [0.29, 0.717) is 22.9 Å². The number of hydrogen-bond acceptors (Lipinski definition) is 5. The van der Waals surface area contributed by atoms with Gasteiger partial charge in [0.2, 0.25) is 0 Å². The zero-order chi connectivity index (χ0) is 26.3. The lowest BCUT2D eigenvalue weighted by atomic mass is 9.87. The molecule has 37 heavy (non-hydrogen) atoms. The van der Waals surface area contributed by atoms with Crippen molar-refractivity contribution < 1.29 is 12.8 Å². The van der Waals surface area contributed by atoms with Gasteiger partial charge in [-0.1, -0.05) is 19.9 Å². The molecule has 0 radical (unpaired) electrons. The quantitative estimate of drug-likeness (QED) is 0.448. The number of aromatic nitrogens is 2. The topological polar surface area (TPSA) is 58.4 Å². The average Bonchev–Trinajstić information content (AvgIpc) is 3.21. The molecule has 0 amide bonds. The molecule has 0 bridgehead atoms. The molecule has 200 valence electrons. The number of fused-ring (bicyclic) bond motifs is 1. The predicted molar refractivity (Wildman–Crippen MR) is 147 cm³/mol. The molecule has 2 aromatic carbocycles. The van der Waals surface area contributed by atoms with Crippen LogP contribution in [0.4, 0.5) is 4.39 Å². The minimum Gasteiger partial charge on any atom is -0.325 e. The van der Waals surface area contributed by atoms with Crippen LogP contribution in [0.25, 0.3) is 22.4 Å². The van der Waals surface area contributed by atoms with Crippen LogP contribution in [0.3, 0.4) is 0 Å². The summed E-state index contributed by atoms with van der Waals surface area (Å²) < 4.78 is 41.3. The van der Waals surface area contributed by atoms with Crippen molar-refractivity contribution in [3.8, 4) is 11.4 Å². The summed E-state index contributed by atoms with van der Waals surface area (Å²) in [4.78, 5) is 10.2. The van der Waals surface area contributed by atoms with Crippen molar-refractivity contribution in [2.75, 3.05) is 39.0 Å². The molecule has 2 fully saturated rings. The second-order valence-corrected chi connectivity index (χ2v) is 13.4. The van der Waals surface area contributed by atoms with E-state index < -0.39 is 9.84 Å². The third kappa shape index (κ3) is 5.47. The van der Waals surface area contributed by atoms with Crippen LogP contribution in [0.5, 0.6) is 0 Å². The number of likely N-dealkylation sites (tertiary alicyclic amines) is 2. The summed E-state index contributed by atoms with van der Waals surface area (Å²) in [6, 6.07) is 11.1. The Morgan fingerprint density at radius 3 is 2.22 bits per heavy atom. The lowest BCUT2D eigenvalue weighted by Crippen LogP contribution is -2.48. The van der Waals surface area contributed by atoms with E-state index in [-0.39, 0.29) is 16.6 Å². The van der Waals surface area contributed by atoms with E-state index in [1.165, 1.54) is 38.7 Å². The van der Waals surface area contributed by atoms with E-state index in [9.17, 15) is 8.42 Å². The van der Waals surface area contributed by atoms with Gasteiger partial charge in [0.15, 0.2) is 15.7 Å². The van der Waals surface area contributed by atoms with E-state index in [1.807, 2.05) is 19.2 Å². The van der Waals surface area contributed by atoms with Crippen molar-refractivity contribution >= 4 is 20.9 Å². The number of piperidine rings is 2. The first-order valence-electron chi connectivity index (χ1n) is 13.5. The Labute approximate surface area is 220 Å². The maximum Gasteiger partial charge on any atom is 0.175 e. The van der Waals surface area contributed by atoms with Crippen LogP contribution in [0, 0.1) is 11.7 Å². The molecule has 2 aliphatic heterocycles. The van der Waals surface area contributed by atoms with Gasteiger partial charge in [-0.25, -0.2) is 17.8 Å². The first-order chi connectivity index (χ1) is 17.6. The van der Waals surface area contributed by atoms with E-state index >= 15 is 4.39 Å². The molecular formula is C29H39FN4O2S. The zero-order valence-electron chi connectivity index (χ0n) is 22.5. The summed E-state index contributed by atoms with van der Waals surface area (Å²) >= 11 is 0. The van der Waals surface area contributed by atoms with E-state index in [4.69, 9.17) is 0 Å².